The molecule has 2 amide bonds. The lowest BCUT2D eigenvalue weighted by Gasteiger charge is -2.38. The second-order valence-electron chi connectivity index (χ2n) is 5.38. The molecular weight excluding hydrogens is 310 g/mol. The smallest absolute Gasteiger partial charge is 0.264 e. The first-order valence-electron chi connectivity index (χ1n) is 7.00. The van der Waals surface area contributed by atoms with Crippen LogP contribution in [-0.2, 0) is 4.79 Å². The first-order valence-corrected chi connectivity index (χ1v) is 7.82. The van der Waals surface area contributed by atoms with E-state index in [4.69, 9.17) is 0 Å². The third kappa shape index (κ3) is 3.39. The number of aryl methyl sites for hydroxylation is 1. The van der Waals surface area contributed by atoms with Crippen LogP contribution in [-0.4, -0.2) is 60.9 Å². The Hall–Kier alpha value is -1.11. The molecule has 0 saturated carbocycles. The maximum absolute atomic E-state index is 12.3. The summed E-state index contributed by atoms with van der Waals surface area (Å²) in [6, 6.07) is 3.86. The topological polar surface area (TPSA) is 52.7 Å². The van der Waals surface area contributed by atoms with Gasteiger partial charge in [0.05, 0.1) is 10.8 Å². The minimum absolute atomic E-state index is 0. The average Bonchev–Trinajstić information content (AvgIpc) is 2.83. The summed E-state index contributed by atoms with van der Waals surface area (Å²) in [5, 5.41) is 3.12. The molecule has 0 atom stereocenters. The molecule has 3 rings (SSSR count). The summed E-state index contributed by atoms with van der Waals surface area (Å²) in [7, 11) is 0. The molecule has 116 valence electrons. The molecule has 0 unspecified atom stereocenters. The summed E-state index contributed by atoms with van der Waals surface area (Å²) in [5.41, 5.74) is 0. The number of amides is 2. The molecule has 2 saturated heterocycles. The van der Waals surface area contributed by atoms with Crippen LogP contribution >= 0.6 is 23.7 Å². The number of nitrogens with one attached hydrogen (secondary N) is 1. The van der Waals surface area contributed by atoms with Crippen LogP contribution in [0, 0.1) is 12.8 Å². The van der Waals surface area contributed by atoms with Crippen LogP contribution in [0.4, 0.5) is 0 Å². The van der Waals surface area contributed by atoms with E-state index < -0.39 is 0 Å². The molecule has 2 fully saturated rings. The van der Waals surface area contributed by atoms with E-state index in [0.29, 0.717) is 26.2 Å². The lowest BCUT2D eigenvalue weighted by molar-refractivity contribution is -0.138. The van der Waals surface area contributed by atoms with Crippen molar-refractivity contribution in [2.24, 2.45) is 5.92 Å². The predicted octanol–water partition coefficient (Wildman–Crippen LogP) is 0.982. The van der Waals surface area contributed by atoms with Crippen LogP contribution in [0.2, 0.25) is 0 Å². The van der Waals surface area contributed by atoms with Crippen molar-refractivity contribution < 1.29 is 9.59 Å². The fraction of sp³-hybridized carbons (Fsp3) is 0.571. The number of thiophene rings is 1. The van der Waals surface area contributed by atoms with Gasteiger partial charge < -0.3 is 15.1 Å². The number of carbonyl (C=O) groups excluding carboxylic acids is 2. The normalized spacial score (nSPS) is 18.9. The fourth-order valence-corrected chi connectivity index (χ4v) is 3.39. The Kier molecular flexibility index (Phi) is 5.24. The third-order valence-corrected chi connectivity index (χ3v) is 4.95. The number of halogens is 1. The van der Waals surface area contributed by atoms with Crippen molar-refractivity contribution in [3.63, 3.8) is 0 Å². The Morgan fingerprint density at radius 3 is 2.24 bits per heavy atom. The molecule has 0 aliphatic carbocycles. The molecular formula is C14H20ClN3O2S. The van der Waals surface area contributed by atoms with Gasteiger partial charge in [-0.2, -0.15) is 0 Å². The maximum Gasteiger partial charge on any atom is 0.264 e. The molecule has 1 aromatic heterocycles. The molecule has 3 heterocycles. The summed E-state index contributed by atoms with van der Waals surface area (Å²) in [6.45, 7) is 6.20. The molecule has 2 aliphatic rings. The van der Waals surface area contributed by atoms with Gasteiger partial charge in [-0.05, 0) is 19.1 Å². The van der Waals surface area contributed by atoms with Crippen molar-refractivity contribution in [3.05, 3.63) is 21.9 Å². The second kappa shape index (κ2) is 6.77. The molecule has 7 heteroatoms. The molecule has 0 spiro atoms. The van der Waals surface area contributed by atoms with E-state index in [2.05, 4.69) is 5.32 Å². The van der Waals surface area contributed by atoms with Crippen molar-refractivity contribution in [2.45, 2.75) is 6.92 Å². The van der Waals surface area contributed by atoms with Crippen molar-refractivity contribution in [3.8, 4) is 0 Å². The van der Waals surface area contributed by atoms with Crippen LogP contribution in [0.15, 0.2) is 12.1 Å². The Balaban J connectivity index is 0.00000161. The minimum Gasteiger partial charge on any atom is -0.339 e. The molecule has 5 nitrogen and oxygen atoms in total. The molecule has 2 aliphatic heterocycles. The number of rotatable bonds is 2. The summed E-state index contributed by atoms with van der Waals surface area (Å²) in [5.74, 6) is 0.487. The Morgan fingerprint density at radius 2 is 1.76 bits per heavy atom. The zero-order valence-corrected chi connectivity index (χ0v) is 13.6. The first-order chi connectivity index (χ1) is 9.65. The Bertz CT molecular complexity index is 522. The van der Waals surface area contributed by atoms with Gasteiger partial charge in [0.2, 0.25) is 5.91 Å². The largest absolute Gasteiger partial charge is 0.339 e. The van der Waals surface area contributed by atoms with E-state index in [-0.39, 0.29) is 30.1 Å². The van der Waals surface area contributed by atoms with Gasteiger partial charge >= 0.3 is 0 Å². The standard InChI is InChI=1S/C14H19N3O2S.ClH/c1-10-2-3-12(20-10)14(19)17-6-4-16(5-7-17)13(18)11-8-15-9-11;/h2-3,11,15H,4-9H2,1H3;1H. The highest BCUT2D eigenvalue weighted by molar-refractivity contribution is 7.13. The summed E-state index contributed by atoms with van der Waals surface area (Å²) in [4.78, 5) is 30.1. The molecule has 0 bridgehead atoms. The highest BCUT2D eigenvalue weighted by Gasteiger charge is 2.32. The predicted molar refractivity (Wildman–Crippen MR) is 85.1 cm³/mol. The minimum atomic E-state index is 0. The van der Waals surface area contributed by atoms with E-state index in [0.717, 1.165) is 22.8 Å². The lowest BCUT2D eigenvalue weighted by Crippen LogP contribution is -2.57. The van der Waals surface area contributed by atoms with Crippen LogP contribution in [0.25, 0.3) is 0 Å². The van der Waals surface area contributed by atoms with Crippen molar-refractivity contribution >= 4 is 35.6 Å². The summed E-state index contributed by atoms with van der Waals surface area (Å²) in [6.07, 6.45) is 0. The number of hydrogen-bond acceptors (Lipinski definition) is 4. The van der Waals surface area contributed by atoms with Gasteiger partial charge in [-0.3, -0.25) is 9.59 Å². The van der Waals surface area contributed by atoms with Gasteiger partial charge in [0.1, 0.15) is 0 Å². The molecule has 21 heavy (non-hydrogen) atoms. The molecule has 1 N–H and O–H groups in total. The number of nitrogens with zero attached hydrogens (tertiary/aromatic N) is 2. The van der Waals surface area contributed by atoms with Crippen molar-refractivity contribution in [1.29, 1.82) is 0 Å². The van der Waals surface area contributed by atoms with E-state index >= 15 is 0 Å². The molecule has 1 aromatic rings. The summed E-state index contributed by atoms with van der Waals surface area (Å²) >= 11 is 1.53. The summed E-state index contributed by atoms with van der Waals surface area (Å²) < 4.78 is 0. The Labute approximate surface area is 134 Å². The van der Waals surface area contributed by atoms with Crippen molar-refractivity contribution in [2.75, 3.05) is 39.3 Å². The average molecular weight is 330 g/mol. The number of carbonyl (C=O) groups is 2. The zero-order valence-electron chi connectivity index (χ0n) is 12.0. The monoisotopic (exact) mass is 329 g/mol. The van der Waals surface area contributed by atoms with E-state index in [1.54, 1.807) is 0 Å². The number of piperazine rings is 1. The van der Waals surface area contributed by atoms with Crippen molar-refractivity contribution in [1.82, 2.24) is 15.1 Å². The van der Waals surface area contributed by atoms with E-state index in [1.807, 2.05) is 28.9 Å². The quantitative estimate of drug-likeness (QED) is 0.880. The maximum atomic E-state index is 12.3. The Morgan fingerprint density at radius 1 is 1.14 bits per heavy atom. The number of hydrogen-bond donors (Lipinski definition) is 1. The van der Waals surface area contributed by atoms with Gasteiger partial charge in [-0.15, -0.1) is 23.7 Å². The van der Waals surface area contributed by atoms with E-state index in [9.17, 15) is 9.59 Å². The highest BCUT2D eigenvalue weighted by atomic mass is 35.5. The highest BCUT2D eigenvalue weighted by Crippen LogP contribution is 2.19. The molecule has 0 aromatic carbocycles. The third-order valence-electron chi connectivity index (χ3n) is 3.96. The lowest BCUT2D eigenvalue weighted by atomic mass is 10.0. The second-order valence-corrected chi connectivity index (χ2v) is 6.67. The van der Waals surface area contributed by atoms with Gasteiger partial charge in [0.25, 0.3) is 5.91 Å². The van der Waals surface area contributed by atoms with Crippen LogP contribution in [0.5, 0.6) is 0 Å². The SMILES string of the molecule is Cc1ccc(C(=O)N2CCN(C(=O)C3CNC3)CC2)s1.Cl. The van der Waals surface area contributed by atoms with E-state index in [1.165, 1.54) is 11.3 Å². The van der Waals surface area contributed by atoms with Gasteiger partial charge in [0, 0.05) is 44.1 Å². The molecule has 0 radical (unpaired) electrons. The van der Waals surface area contributed by atoms with Crippen LogP contribution in [0.1, 0.15) is 14.5 Å². The van der Waals surface area contributed by atoms with Gasteiger partial charge in [-0.1, -0.05) is 0 Å². The first kappa shape index (κ1) is 16.3. The zero-order chi connectivity index (χ0) is 14.1. The van der Waals surface area contributed by atoms with Gasteiger partial charge in [-0.25, -0.2) is 0 Å². The van der Waals surface area contributed by atoms with Crippen LogP contribution < -0.4 is 5.32 Å². The van der Waals surface area contributed by atoms with Gasteiger partial charge in [0.15, 0.2) is 0 Å². The fourth-order valence-electron chi connectivity index (χ4n) is 2.56. The van der Waals surface area contributed by atoms with Crippen LogP contribution in [0.3, 0.4) is 0 Å².